The molecule has 0 atom stereocenters. The zero-order valence-electron chi connectivity index (χ0n) is 8.88. The molecule has 1 saturated carbocycles. The Balaban J connectivity index is 2.49. The molecule has 0 aromatic rings. The van der Waals surface area contributed by atoms with Crippen LogP contribution < -0.4 is 10.0 Å². The third kappa shape index (κ3) is 4.06. The molecule has 0 spiro atoms. The fourth-order valence-electron chi connectivity index (χ4n) is 1.64. The van der Waals surface area contributed by atoms with Gasteiger partial charge in [-0.1, -0.05) is 19.3 Å². The molecule has 100 valence electrons. The first kappa shape index (κ1) is 14.1. The first-order valence-corrected chi connectivity index (χ1v) is 6.60. The number of carbonyl (C=O) groups excluding carboxylic acids is 1. The van der Waals surface area contributed by atoms with Gasteiger partial charge in [0.25, 0.3) is 0 Å². The summed E-state index contributed by atoms with van der Waals surface area (Å²) in [6, 6.07) is -1.58. The van der Waals surface area contributed by atoms with Crippen LogP contribution in [0.5, 0.6) is 0 Å². The average molecular weight is 274 g/mol. The number of nitrogens with one attached hydrogen (secondary N) is 2. The number of amides is 2. The maximum atomic E-state index is 11.9. The number of alkyl halides is 3. The van der Waals surface area contributed by atoms with E-state index in [0.29, 0.717) is 12.8 Å². The van der Waals surface area contributed by atoms with Crippen molar-refractivity contribution in [3.63, 3.8) is 0 Å². The Morgan fingerprint density at radius 3 is 2.12 bits per heavy atom. The summed E-state index contributed by atoms with van der Waals surface area (Å²) in [5.41, 5.74) is -5.48. The number of urea groups is 1. The van der Waals surface area contributed by atoms with Crippen molar-refractivity contribution in [3.05, 3.63) is 0 Å². The number of hydrogen-bond donors (Lipinski definition) is 2. The maximum Gasteiger partial charge on any atom is 0.516 e. The monoisotopic (exact) mass is 274 g/mol. The highest BCUT2D eigenvalue weighted by Crippen LogP contribution is 2.21. The van der Waals surface area contributed by atoms with Crippen LogP contribution in [0.15, 0.2) is 0 Å². The average Bonchev–Trinajstić information content (AvgIpc) is 2.16. The number of carbonyl (C=O) groups is 1. The van der Waals surface area contributed by atoms with Crippen molar-refractivity contribution < 1.29 is 26.4 Å². The lowest BCUT2D eigenvalue weighted by molar-refractivity contribution is -0.0444. The summed E-state index contributed by atoms with van der Waals surface area (Å²) in [5.74, 6) is 0. The van der Waals surface area contributed by atoms with E-state index >= 15 is 0 Å². The largest absolute Gasteiger partial charge is 0.516 e. The lowest BCUT2D eigenvalue weighted by atomic mass is 9.96. The van der Waals surface area contributed by atoms with Gasteiger partial charge in [0, 0.05) is 6.04 Å². The fourth-order valence-corrected chi connectivity index (χ4v) is 2.06. The first-order chi connectivity index (χ1) is 7.72. The fraction of sp³-hybridized carbons (Fsp3) is 0.875. The molecule has 0 radical (unpaired) electrons. The zero-order chi connectivity index (χ0) is 13.1. The van der Waals surface area contributed by atoms with Crippen LogP contribution in [0.4, 0.5) is 18.0 Å². The summed E-state index contributed by atoms with van der Waals surface area (Å²) in [6.07, 6.45) is 4.06. The Kier molecular flexibility index (Phi) is 4.23. The van der Waals surface area contributed by atoms with Gasteiger partial charge in [-0.2, -0.15) is 21.6 Å². The summed E-state index contributed by atoms with van der Waals surface area (Å²) < 4.78 is 58.0. The van der Waals surface area contributed by atoms with E-state index < -0.39 is 21.6 Å². The Labute approximate surface area is 96.8 Å². The molecule has 17 heavy (non-hydrogen) atoms. The third-order valence-corrected chi connectivity index (χ3v) is 3.54. The third-order valence-electron chi connectivity index (χ3n) is 2.47. The van der Waals surface area contributed by atoms with Crippen molar-refractivity contribution in [1.29, 1.82) is 0 Å². The quantitative estimate of drug-likeness (QED) is 0.800. The Bertz CT molecular complexity index is 374. The minimum Gasteiger partial charge on any atom is -0.335 e. The molecular weight excluding hydrogens is 261 g/mol. The second-order valence-electron chi connectivity index (χ2n) is 3.86. The normalized spacial score (nSPS) is 18.8. The molecule has 1 aliphatic carbocycles. The van der Waals surface area contributed by atoms with Crippen molar-refractivity contribution >= 4 is 16.1 Å². The number of halogens is 3. The Hall–Kier alpha value is -0.990. The van der Waals surface area contributed by atoms with Gasteiger partial charge >= 0.3 is 21.6 Å². The van der Waals surface area contributed by atoms with Gasteiger partial charge in [0.2, 0.25) is 0 Å². The van der Waals surface area contributed by atoms with Gasteiger partial charge in [0.1, 0.15) is 0 Å². The minimum absolute atomic E-state index is 0.257. The molecule has 9 heteroatoms. The van der Waals surface area contributed by atoms with E-state index in [1.807, 2.05) is 0 Å². The number of sulfonamides is 1. The van der Waals surface area contributed by atoms with Crippen molar-refractivity contribution in [1.82, 2.24) is 10.0 Å². The second-order valence-corrected chi connectivity index (χ2v) is 5.53. The van der Waals surface area contributed by atoms with Crippen LogP contribution >= 0.6 is 0 Å². The molecule has 0 saturated heterocycles. The van der Waals surface area contributed by atoms with Crippen LogP contribution in [0, 0.1) is 0 Å². The molecule has 2 N–H and O–H groups in total. The molecule has 0 heterocycles. The second kappa shape index (κ2) is 5.11. The van der Waals surface area contributed by atoms with Crippen LogP contribution in [-0.2, 0) is 10.0 Å². The van der Waals surface area contributed by atoms with E-state index in [4.69, 9.17) is 0 Å². The van der Waals surface area contributed by atoms with Crippen LogP contribution in [0.1, 0.15) is 32.1 Å². The first-order valence-electron chi connectivity index (χ1n) is 5.12. The Morgan fingerprint density at radius 2 is 1.65 bits per heavy atom. The number of rotatable bonds is 2. The molecule has 0 aromatic heterocycles. The molecule has 1 aliphatic rings. The van der Waals surface area contributed by atoms with Crippen LogP contribution in [-0.4, -0.2) is 26.0 Å². The summed E-state index contributed by atoms with van der Waals surface area (Å²) in [4.78, 5) is 11.1. The lowest BCUT2D eigenvalue weighted by Gasteiger charge is -2.22. The molecule has 0 bridgehead atoms. The van der Waals surface area contributed by atoms with Crippen molar-refractivity contribution in [2.75, 3.05) is 0 Å². The standard InChI is InChI=1S/C8H13F3N2O3S/c9-8(10,11)17(15,16)13-7(14)12-6-4-2-1-3-5-6/h6H,1-5H2,(H2,12,13,14). The van der Waals surface area contributed by atoms with E-state index in [0.717, 1.165) is 24.0 Å². The highest BCUT2D eigenvalue weighted by Gasteiger charge is 2.47. The molecule has 0 unspecified atom stereocenters. The minimum atomic E-state index is -5.61. The summed E-state index contributed by atoms with van der Waals surface area (Å²) in [7, 11) is -5.61. The highest BCUT2D eigenvalue weighted by atomic mass is 32.2. The summed E-state index contributed by atoms with van der Waals surface area (Å²) in [6.45, 7) is 0. The molecule has 5 nitrogen and oxygen atoms in total. The van der Waals surface area contributed by atoms with Crippen molar-refractivity contribution in [3.8, 4) is 0 Å². The number of hydrogen-bond acceptors (Lipinski definition) is 3. The van der Waals surface area contributed by atoms with Crippen molar-refractivity contribution in [2.45, 2.75) is 43.7 Å². The summed E-state index contributed by atoms with van der Waals surface area (Å²) in [5, 5.41) is 2.22. The van der Waals surface area contributed by atoms with Crippen LogP contribution in [0.2, 0.25) is 0 Å². The van der Waals surface area contributed by atoms with Crippen LogP contribution in [0.3, 0.4) is 0 Å². The molecule has 2 amide bonds. The molecule has 1 rings (SSSR count). The van der Waals surface area contributed by atoms with Gasteiger partial charge < -0.3 is 5.32 Å². The van der Waals surface area contributed by atoms with Gasteiger partial charge in [0.15, 0.2) is 0 Å². The predicted molar refractivity (Wildman–Crippen MR) is 53.5 cm³/mol. The molecule has 0 aliphatic heterocycles. The SMILES string of the molecule is O=C(NC1CCCCC1)NS(=O)(=O)C(F)(F)F. The van der Waals surface area contributed by atoms with Gasteiger partial charge in [-0.25, -0.2) is 9.52 Å². The van der Waals surface area contributed by atoms with Crippen LogP contribution in [0.25, 0.3) is 0 Å². The topological polar surface area (TPSA) is 75.3 Å². The zero-order valence-corrected chi connectivity index (χ0v) is 9.70. The Morgan fingerprint density at radius 1 is 1.12 bits per heavy atom. The molecule has 0 aromatic carbocycles. The maximum absolute atomic E-state index is 11.9. The van der Waals surface area contributed by atoms with Crippen molar-refractivity contribution in [2.24, 2.45) is 0 Å². The predicted octanol–water partition coefficient (Wildman–Crippen LogP) is 1.47. The van der Waals surface area contributed by atoms with E-state index in [1.54, 1.807) is 0 Å². The van der Waals surface area contributed by atoms with E-state index in [1.165, 1.54) is 0 Å². The molecular formula is C8H13F3N2O3S. The van der Waals surface area contributed by atoms with E-state index in [9.17, 15) is 26.4 Å². The van der Waals surface area contributed by atoms with Gasteiger partial charge in [-0.15, -0.1) is 0 Å². The highest BCUT2D eigenvalue weighted by molar-refractivity contribution is 7.90. The molecule has 1 fully saturated rings. The van der Waals surface area contributed by atoms with Gasteiger partial charge in [0.05, 0.1) is 0 Å². The van der Waals surface area contributed by atoms with Gasteiger partial charge in [-0.3, -0.25) is 0 Å². The summed E-state index contributed by atoms with van der Waals surface area (Å²) >= 11 is 0. The van der Waals surface area contributed by atoms with E-state index in [-0.39, 0.29) is 6.04 Å². The lowest BCUT2D eigenvalue weighted by Crippen LogP contribution is -2.48. The van der Waals surface area contributed by atoms with Gasteiger partial charge in [-0.05, 0) is 12.8 Å². The van der Waals surface area contributed by atoms with E-state index in [2.05, 4.69) is 5.32 Å². The smallest absolute Gasteiger partial charge is 0.335 e.